The van der Waals surface area contributed by atoms with Gasteiger partial charge in [-0.25, -0.2) is 0 Å². The van der Waals surface area contributed by atoms with Crippen molar-refractivity contribution in [1.82, 2.24) is 0 Å². The first-order valence-electron chi connectivity index (χ1n) is 7.53. The highest BCUT2D eigenvalue weighted by molar-refractivity contribution is 7.10. The molecule has 5 rings (SSSR count). The standard InChI is InChI=1S/C9H12S.C8H8S/c1-2-4-8-6-7-10-9(8)5-3-1;1-2-9-8-5(1)3-6-4-7(6)8/h6-7H,1-5H2;1-2,6-7H,3-4H2. The van der Waals surface area contributed by atoms with Crippen molar-refractivity contribution in [2.24, 2.45) is 5.92 Å². The van der Waals surface area contributed by atoms with Gasteiger partial charge in [0.2, 0.25) is 0 Å². The first kappa shape index (κ1) is 12.2. The molecule has 0 aromatic carbocycles. The van der Waals surface area contributed by atoms with Gasteiger partial charge in [0.15, 0.2) is 0 Å². The fraction of sp³-hybridized carbons (Fsp3) is 0.529. The van der Waals surface area contributed by atoms with Crippen LogP contribution in [0.25, 0.3) is 0 Å². The van der Waals surface area contributed by atoms with Gasteiger partial charge in [-0.05, 0) is 84.4 Å². The van der Waals surface area contributed by atoms with Crippen LogP contribution in [0.1, 0.15) is 52.5 Å². The Morgan fingerprint density at radius 3 is 2.68 bits per heavy atom. The van der Waals surface area contributed by atoms with Crippen LogP contribution in [0.4, 0.5) is 0 Å². The molecule has 2 aromatic rings. The van der Waals surface area contributed by atoms with Crippen LogP contribution in [0, 0.1) is 5.92 Å². The summed E-state index contributed by atoms with van der Waals surface area (Å²) in [7, 11) is 0. The minimum atomic E-state index is 1.01. The van der Waals surface area contributed by atoms with Gasteiger partial charge in [-0.1, -0.05) is 6.42 Å². The zero-order chi connectivity index (χ0) is 12.7. The van der Waals surface area contributed by atoms with E-state index in [4.69, 9.17) is 0 Å². The summed E-state index contributed by atoms with van der Waals surface area (Å²) in [6.45, 7) is 0. The summed E-state index contributed by atoms with van der Waals surface area (Å²) in [5, 5.41) is 4.47. The van der Waals surface area contributed by atoms with Gasteiger partial charge in [0.1, 0.15) is 0 Å². The van der Waals surface area contributed by atoms with Crippen LogP contribution in [0.2, 0.25) is 0 Å². The van der Waals surface area contributed by atoms with Crippen molar-refractivity contribution in [3.63, 3.8) is 0 Å². The molecule has 0 saturated heterocycles. The Morgan fingerprint density at radius 1 is 0.895 bits per heavy atom. The summed E-state index contributed by atoms with van der Waals surface area (Å²) in [5.74, 6) is 2.09. The van der Waals surface area contributed by atoms with Crippen LogP contribution in [-0.4, -0.2) is 0 Å². The predicted octanol–water partition coefficient (Wildman–Crippen LogP) is 5.42. The van der Waals surface area contributed by atoms with E-state index in [0.29, 0.717) is 0 Å². The Labute approximate surface area is 123 Å². The molecule has 1 saturated carbocycles. The molecule has 1 fully saturated rings. The highest BCUT2D eigenvalue weighted by atomic mass is 32.1. The van der Waals surface area contributed by atoms with Crippen molar-refractivity contribution in [3.8, 4) is 0 Å². The lowest BCUT2D eigenvalue weighted by Gasteiger charge is -1.92. The fourth-order valence-corrected chi connectivity index (χ4v) is 5.63. The lowest BCUT2D eigenvalue weighted by Crippen LogP contribution is -1.80. The maximum absolute atomic E-state index is 2.30. The van der Waals surface area contributed by atoms with Gasteiger partial charge in [-0.15, -0.1) is 22.7 Å². The Kier molecular flexibility index (Phi) is 3.24. The van der Waals surface area contributed by atoms with Gasteiger partial charge in [-0.3, -0.25) is 0 Å². The summed E-state index contributed by atoms with van der Waals surface area (Å²) in [6.07, 6.45) is 9.81. The highest BCUT2D eigenvalue weighted by Crippen LogP contribution is 2.57. The summed E-state index contributed by atoms with van der Waals surface area (Å²) >= 11 is 3.90. The molecule has 0 amide bonds. The summed E-state index contributed by atoms with van der Waals surface area (Å²) in [5.41, 5.74) is 3.28. The van der Waals surface area contributed by atoms with Crippen molar-refractivity contribution >= 4 is 22.7 Å². The number of hydrogen-bond donors (Lipinski definition) is 0. The van der Waals surface area contributed by atoms with Gasteiger partial charge in [0.25, 0.3) is 0 Å². The molecule has 0 bridgehead atoms. The van der Waals surface area contributed by atoms with Crippen molar-refractivity contribution in [1.29, 1.82) is 0 Å². The van der Waals surface area contributed by atoms with E-state index >= 15 is 0 Å². The SMILES string of the molecule is c1cc2c(s1)C1CC1C2.c1cc2c(s1)CCCCC2. The van der Waals surface area contributed by atoms with Crippen molar-refractivity contribution < 1.29 is 0 Å². The lowest BCUT2D eigenvalue weighted by molar-refractivity contribution is 0.712. The van der Waals surface area contributed by atoms with Crippen LogP contribution in [-0.2, 0) is 19.3 Å². The molecule has 2 heteroatoms. The normalized spacial score (nSPS) is 26.5. The molecule has 0 radical (unpaired) electrons. The molecule has 0 N–H and O–H groups in total. The highest BCUT2D eigenvalue weighted by Gasteiger charge is 2.45. The number of fused-ring (bicyclic) bond motifs is 4. The van der Waals surface area contributed by atoms with Crippen LogP contribution < -0.4 is 0 Å². The van der Waals surface area contributed by atoms with E-state index in [-0.39, 0.29) is 0 Å². The molecule has 0 spiro atoms. The van der Waals surface area contributed by atoms with E-state index in [1.807, 2.05) is 22.7 Å². The number of hydrogen-bond acceptors (Lipinski definition) is 2. The number of aryl methyl sites for hydroxylation is 2. The van der Waals surface area contributed by atoms with Crippen molar-refractivity contribution in [3.05, 3.63) is 43.8 Å². The van der Waals surface area contributed by atoms with Gasteiger partial charge in [0.05, 0.1) is 0 Å². The molecular formula is C17H20S2. The average molecular weight is 288 g/mol. The quantitative estimate of drug-likeness (QED) is 0.567. The predicted molar refractivity (Wildman–Crippen MR) is 84.4 cm³/mol. The summed E-state index contributed by atoms with van der Waals surface area (Å²) in [4.78, 5) is 3.36. The number of thiophene rings is 2. The maximum atomic E-state index is 2.30. The summed E-state index contributed by atoms with van der Waals surface area (Å²) < 4.78 is 0. The summed E-state index contributed by atoms with van der Waals surface area (Å²) in [6, 6.07) is 4.59. The molecule has 3 aliphatic carbocycles. The van der Waals surface area contributed by atoms with Crippen molar-refractivity contribution in [2.45, 2.75) is 50.9 Å². The molecule has 19 heavy (non-hydrogen) atoms. The van der Waals surface area contributed by atoms with E-state index in [9.17, 15) is 0 Å². The van der Waals surface area contributed by atoms with Crippen LogP contribution in [0.15, 0.2) is 22.9 Å². The molecule has 2 atom stereocenters. The zero-order valence-corrected chi connectivity index (χ0v) is 12.9. The van der Waals surface area contributed by atoms with E-state index in [2.05, 4.69) is 22.9 Å². The second-order valence-corrected chi connectivity index (χ2v) is 7.99. The molecule has 3 aliphatic rings. The van der Waals surface area contributed by atoms with E-state index in [0.717, 1.165) is 11.8 Å². The smallest absolute Gasteiger partial charge is 0.0111 e. The Morgan fingerprint density at radius 2 is 1.74 bits per heavy atom. The molecular weight excluding hydrogens is 268 g/mol. The number of rotatable bonds is 0. The first-order valence-corrected chi connectivity index (χ1v) is 9.29. The van der Waals surface area contributed by atoms with Crippen LogP contribution in [0.5, 0.6) is 0 Å². The average Bonchev–Trinajstić information content (AvgIpc) is 2.76. The Bertz CT molecular complexity index is 543. The zero-order valence-electron chi connectivity index (χ0n) is 11.2. The van der Waals surface area contributed by atoms with E-state index < -0.39 is 0 Å². The van der Waals surface area contributed by atoms with Gasteiger partial charge in [0, 0.05) is 9.75 Å². The second-order valence-electron chi connectivity index (χ2n) is 6.05. The monoisotopic (exact) mass is 288 g/mol. The topological polar surface area (TPSA) is 0 Å². The van der Waals surface area contributed by atoms with Gasteiger partial charge < -0.3 is 0 Å². The van der Waals surface area contributed by atoms with Gasteiger partial charge >= 0.3 is 0 Å². The largest absolute Gasteiger partial charge is 0.149 e. The third-order valence-electron chi connectivity index (χ3n) is 4.71. The van der Waals surface area contributed by atoms with E-state index in [1.165, 1.54) is 44.9 Å². The molecule has 0 aliphatic heterocycles. The molecule has 0 nitrogen and oxygen atoms in total. The maximum Gasteiger partial charge on any atom is 0.0111 e. The van der Waals surface area contributed by atoms with E-state index in [1.54, 1.807) is 20.9 Å². The van der Waals surface area contributed by atoms with Crippen LogP contribution >= 0.6 is 22.7 Å². The molecule has 2 unspecified atom stereocenters. The Hall–Kier alpha value is -0.600. The lowest BCUT2D eigenvalue weighted by atomic mass is 10.2. The second kappa shape index (κ2) is 5.06. The molecule has 100 valence electrons. The van der Waals surface area contributed by atoms with Crippen LogP contribution in [0.3, 0.4) is 0 Å². The Balaban J connectivity index is 0.000000102. The fourth-order valence-electron chi connectivity index (χ4n) is 3.51. The third-order valence-corrected chi connectivity index (χ3v) is 6.82. The molecule has 2 aromatic heterocycles. The van der Waals surface area contributed by atoms with Crippen molar-refractivity contribution in [2.75, 3.05) is 0 Å². The third kappa shape index (κ3) is 2.41. The minimum Gasteiger partial charge on any atom is -0.149 e. The molecule has 2 heterocycles. The van der Waals surface area contributed by atoms with Gasteiger partial charge in [-0.2, -0.15) is 0 Å². The minimum absolute atomic E-state index is 1.01. The first-order chi connectivity index (χ1) is 9.42.